The van der Waals surface area contributed by atoms with Gasteiger partial charge in [0.2, 0.25) is 0 Å². The van der Waals surface area contributed by atoms with Crippen LogP contribution >= 0.6 is 0 Å². The van der Waals surface area contributed by atoms with Gasteiger partial charge in [-0.15, -0.1) is 0 Å². The maximum Gasteiger partial charge on any atom is 0.387 e. The molecular formula is C18H13F2N3O2. The lowest BCUT2D eigenvalue weighted by atomic mass is 10.2. The Balaban J connectivity index is 1.57. The van der Waals surface area contributed by atoms with Crippen LogP contribution in [0.4, 0.5) is 14.6 Å². The van der Waals surface area contributed by atoms with Crippen LogP contribution < -0.4 is 10.1 Å². The van der Waals surface area contributed by atoms with Crippen molar-refractivity contribution in [3.63, 3.8) is 0 Å². The number of hydrogen-bond donors (Lipinski definition) is 1. The predicted molar refractivity (Wildman–Crippen MR) is 89.7 cm³/mol. The van der Waals surface area contributed by atoms with Gasteiger partial charge in [-0.2, -0.15) is 8.78 Å². The summed E-state index contributed by atoms with van der Waals surface area (Å²) >= 11 is 0. The Bertz CT molecular complexity index is 1020. The number of ether oxygens (including phenoxy) is 1. The average molecular weight is 341 g/mol. The fraction of sp³-hybridized carbons (Fsp3) is 0.111. The lowest BCUT2D eigenvalue weighted by molar-refractivity contribution is -0.0498. The van der Waals surface area contributed by atoms with Gasteiger partial charge in [-0.05, 0) is 29.8 Å². The number of nitrogens with one attached hydrogen (secondary N) is 1. The van der Waals surface area contributed by atoms with E-state index in [0.29, 0.717) is 17.9 Å². The smallest absolute Gasteiger partial charge is 0.387 e. The van der Waals surface area contributed by atoms with Crippen LogP contribution in [-0.2, 0) is 6.54 Å². The van der Waals surface area contributed by atoms with Gasteiger partial charge < -0.3 is 14.5 Å². The molecule has 0 aliphatic heterocycles. The van der Waals surface area contributed by atoms with Gasteiger partial charge in [0.15, 0.2) is 11.4 Å². The number of aromatic nitrogens is 2. The van der Waals surface area contributed by atoms with Gasteiger partial charge in [-0.3, -0.25) is 0 Å². The molecule has 4 aromatic rings. The monoisotopic (exact) mass is 341 g/mol. The molecule has 126 valence electrons. The van der Waals surface area contributed by atoms with Crippen molar-refractivity contribution in [2.75, 3.05) is 5.32 Å². The van der Waals surface area contributed by atoms with Crippen molar-refractivity contribution in [1.29, 1.82) is 0 Å². The van der Waals surface area contributed by atoms with Crippen molar-refractivity contribution in [1.82, 2.24) is 9.97 Å². The largest absolute Gasteiger partial charge is 0.450 e. The molecule has 0 radical (unpaired) electrons. The van der Waals surface area contributed by atoms with E-state index in [4.69, 9.17) is 4.42 Å². The molecular weight excluding hydrogens is 328 g/mol. The molecule has 7 heteroatoms. The maximum atomic E-state index is 12.2. The van der Waals surface area contributed by atoms with Gasteiger partial charge in [-0.25, -0.2) is 9.97 Å². The highest BCUT2D eigenvalue weighted by Gasteiger charge is 2.12. The van der Waals surface area contributed by atoms with Gasteiger partial charge in [-0.1, -0.05) is 24.3 Å². The van der Waals surface area contributed by atoms with Crippen LogP contribution in [0.2, 0.25) is 0 Å². The number of fused-ring (bicyclic) bond motifs is 3. The van der Waals surface area contributed by atoms with Crippen molar-refractivity contribution in [3.05, 3.63) is 60.4 Å². The summed E-state index contributed by atoms with van der Waals surface area (Å²) in [5.74, 6) is 0.703. The summed E-state index contributed by atoms with van der Waals surface area (Å²) in [5.41, 5.74) is 2.97. The average Bonchev–Trinajstić information content (AvgIpc) is 3.00. The molecule has 0 unspecified atom stereocenters. The van der Waals surface area contributed by atoms with Crippen LogP contribution in [0.1, 0.15) is 5.56 Å². The van der Waals surface area contributed by atoms with Crippen LogP contribution in [0, 0.1) is 0 Å². The van der Waals surface area contributed by atoms with Gasteiger partial charge in [0.05, 0.1) is 0 Å². The van der Waals surface area contributed by atoms with E-state index in [1.807, 2.05) is 24.3 Å². The summed E-state index contributed by atoms with van der Waals surface area (Å²) < 4.78 is 34.5. The molecule has 0 bridgehead atoms. The molecule has 0 fully saturated rings. The number of halogens is 2. The van der Waals surface area contributed by atoms with Gasteiger partial charge >= 0.3 is 6.61 Å². The molecule has 0 atom stereocenters. The topological polar surface area (TPSA) is 60.2 Å². The number of anilines is 1. The number of hydrogen-bond acceptors (Lipinski definition) is 5. The second kappa shape index (κ2) is 6.35. The van der Waals surface area contributed by atoms with Crippen LogP contribution in [0.3, 0.4) is 0 Å². The maximum absolute atomic E-state index is 12.2. The van der Waals surface area contributed by atoms with E-state index in [2.05, 4.69) is 20.0 Å². The second-order valence-corrected chi connectivity index (χ2v) is 5.37. The lowest BCUT2D eigenvalue weighted by Crippen LogP contribution is -2.03. The molecule has 2 heterocycles. The zero-order chi connectivity index (χ0) is 17.2. The number of para-hydroxylation sites is 1. The molecule has 25 heavy (non-hydrogen) atoms. The standard InChI is InChI=1S/C18H13F2N3O2/c19-18(20)24-12-7-5-11(6-8-12)9-21-17-16-15(22-10-23-17)13-3-1-2-4-14(13)25-16/h1-8,10,18H,9H2,(H,21,22,23). The third kappa shape index (κ3) is 3.08. The molecule has 2 aromatic heterocycles. The highest BCUT2D eigenvalue weighted by Crippen LogP contribution is 2.30. The summed E-state index contributed by atoms with van der Waals surface area (Å²) in [4.78, 5) is 8.53. The van der Waals surface area contributed by atoms with Crippen LogP contribution in [0.25, 0.3) is 22.1 Å². The van der Waals surface area contributed by atoms with Crippen molar-refractivity contribution in [2.24, 2.45) is 0 Å². The van der Waals surface area contributed by atoms with E-state index in [1.165, 1.54) is 18.5 Å². The van der Waals surface area contributed by atoms with Crippen molar-refractivity contribution in [3.8, 4) is 5.75 Å². The molecule has 0 aliphatic carbocycles. The van der Waals surface area contributed by atoms with E-state index in [0.717, 1.165) is 22.0 Å². The van der Waals surface area contributed by atoms with Gasteiger partial charge in [0.25, 0.3) is 0 Å². The first-order valence-corrected chi connectivity index (χ1v) is 7.60. The highest BCUT2D eigenvalue weighted by atomic mass is 19.3. The van der Waals surface area contributed by atoms with Gasteiger partial charge in [0, 0.05) is 11.9 Å². The number of furan rings is 1. The molecule has 0 aliphatic rings. The molecule has 0 saturated carbocycles. The van der Waals surface area contributed by atoms with Crippen LogP contribution in [0.5, 0.6) is 5.75 Å². The summed E-state index contributed by atoms with van der Waals surface area (Å²) in [6.45, 7) is -2.37. The number of alkyl halides is 2. The summed E-state index contributed by atoms with van der Waals surface area (Å²) in [5, 5.41) is 4.12. The Labute approximate surface area is 141 Å². The Morgan fingerprint density at radius 1 is 1.04 bits per heavy atom. The molecule has 1 N–H and O–H groups in total. The van der Waals surface area contributed by atoms with E-state index in [1.54, 1.807) is 12.1 Å². The first kappa shape index (κ1) is 15.3. The minimum absolute atomic E-state index is 0.125. The Morgan fingerprint density at radius 3 is 2.64 bits per heavy atom. The first-order chi connectivity index (χ1) is 12.2. The predicted octanol–water partition coefficient (Wildman–Crippen LogP) is 4.59. The Hall–Kier alpha value is -3.22. The van der Waals surface area contributed by atoms with Crippen molar-refractivity contribution >= 4 is 27.9 Å². The Morgan fingerprint density at radius 2 is 1.84 bits per heavy atom. The lowest BCUT2D eigenvalue weighted by Gasteiger charge is -2.07. The first-order valence-electron chi connectivity index (χ1n) is 7.60. The SMILES string of the molecule is FC(F)Oc1ccc(CNc2ncnc3c2oc2ccccc23)cc1. The summed E-state index contributed by atoms with van der Waals surface area (Å²) in [6, 6.07) is 14.1. The molecule has 2 aromatic carbocycles. The van der Waals surface area contributed by atoms with E-state index in [-0.39, 0.29) is 5.75 Å². The minimum Gasteiger partial charge on any atom is -0.450 e. The molecule has 5 nitrogen and oxygen atoms in total. The van der Waals surface area contributed by atoms with E-state index in [9.17, 15) is 8.78 Å². The minimum atomic E-state index is -2.83. The normalized spacial score (nSPS) is 11.3. The van der Waals surface area contributed by atoms with Crippen LogP contribution in [-0.4, -0.2) is 16.6 Å². The van der Waals surface area contributed by atoms with E-state index >= 15 is 0 Å². The molecule has 4 rings (SSSR count). The number of benzene rings is 2. The zero-order valence-corrected chi connectivity index (χ0v) is 12.9. The van der Waals surface area contributed by atoms with Crippen LogP contribution in [0.15, 0.2) is 59.3 Å². The summed E-state index contributed by atoms with van der Waals surface area (Å²) in [7, 11) is 0. The third-order valence-corrected chi connectivity index (χ3v) is 3.77. The fourth-order valence-electron chi connectivity index (χ4n) is 2.62. The quantitative estimate of drug-likeness (QED) is 0.575. The molecule has 0 spiro atoms. The second-order valence-electron chi connectivity index (χ2n) is 5.37. The highest BCUT2D eigenvalue weighted by molar-refractivity contribution is 6.05. The molecule has 0 amide bonds. The van der Waals surface area contributed by atoms with Crippen molar-refractivity contribution < 1.29 is 17.9 Å². The zero-order valence-electron chi connectivity index (χ0n) is 12.9. The van der Waals surface area contributed by atoms with E-state index < -0.39 is 6.61 Å². The Kier molecular flexibility index (Phi) is 3.89. The third-order valence-electron chi connectivity index (χ3n) is 3.77. The number of nitrogens with zero attached hydrogens (tertiary/aromatic N) is 2. The summed E-state index contributed by atoms with van der Waals surface area (Å²) in [6.07, 6.45) is 1.48. The van der Waals surface area contributed by atoms with Gasteiger partial charge in [0.1, 0.15) is 23.2 Å². The van der Waals surface area contributed by atoms with Crippen molar-refractivity contribution in [2.45, 2.75) is 13.2 Å². The fourth-order valence-corrected chi connectivity index (χ4v) is 2.62. The molecule has 0 saturated heterocycles. The number of rotatable bonds is 5.